The Morgan fingerprint density at radius 3 is 1.75 bits per heavy atom. The zero-order valence-corrected chi connectivity index (χ0v) is 16.9. The molecule has 3 rings (SSSR count). The molecule has 0 bridgehead atoms. The number of hydrogen-bond donors (Lipinski definition) is 0. The van der Waals surface area contributed by atoms with Gasteiger partial charge in [0.1, 0.15) is 0 Å². The number of imide groups is 2. The van der Waals surface area contributed by atoms with Gasteiger partial charge < -0.3 is 0 Å². The number of anilines is 2. The number of amides is 4. The molecule has 2 aliphatic rings. The second-order valence-corrected chi connectivity index (χ2v) is 7.64. The Kier molecular flexibility index (Phi) is 4.36. The highest BCUT2D eigenvalue weighted by Crippen LogP contribution is 2.38. The average Bonchev–Trinajstić information content (AvgIpc) is 2.90. The molecule has 0 saturated carbocycles. The molecule has 1 aromatic rings. The molecule has 0 atom stereocenters. The van der Waals surface area contributed by atoms with Gasteiger partial charge in [0, 0.05) is 12.2 Å². The number of hydrogen-bond acceptors (Lipinski definition) is 4. The first-order chi connectivity index (χ1) is 11.2. The van der Waals surface area contributed by atoms with E-state index in [1.165, 1.54) is 12.2 Å². The van der Waals surface area contributed by atoms with E-state index < -0.39 is 23.6 Å². The fourth-order valence-corrected chi connectivity index (χ4v) is 3.75. The summed E-state index contributed by atoms with van der Waals surface area (Å²) in [6, 6.07) is 3.34. The molecular weight excluding hydrogens is 538 g/mol. The van der Waals surface area contributed by atoms with Gasteiger partial charge in [-0.3, -0.25) is 19.2 Å². The van der Waals surface area contributed by atoms with Crippen molar-refractivity contribution >= 4 is 80.2 Å². The summed E-state index contributed by atoms with van der Waals surface area (Å²) >= 11 is 3.63. The highest BCUT2D eigenvalue weighted by Gasteiger charge is 2.36. The van der Waals surface area contributed by atoms with Crippen molar-refractivity contribution in [2.75, 3.05) is 9.80 Å². The van der Waals surface area contributed by atoms with Gasteiger partial charge in [-0.2, -0.15) is 0 Å². The first kappa shape index (κ1) is 17.3. The van der Waals surface area contributed by atoms with E-state index in [0.717, 1.165) is 9.80 Å². The van der Waals surface area contributed by atoms with Crippen molar-refractivity contribution in [2.45, 2.75) is 13.8 Å². The lowest BCUT2D eigenvalue weighted by Gasteiger charge is -2.24. The van der Waals surface area contributed by atoms with Crippen molar-refractivity contribution in [2.24, 2.45) is 0 Å². The van der Waals surface area contributed by atoms with Crippen molar-refractivity contribution < 1.29 is 19.2 Å². The van der Waals surface area contributed by atoms with Crippen LogP contribution in [0, 0.1) is 13.8 Å². The maximum Gasteiger partial charge on any atom is 0.271 e. The predicted molar refractivity (Wildman–Crippen MR) is 105 cm³/mol. The summed E-state index contributed by atoms with van der Waals surface area (Å²) in [6.45, 7) is 3.46. The first-order valence-corrected chi connectivity index (χ1v) is 9.01. The van der Waals surface area contributed by atoms with Crippen molar-refractivity contribution in [3.05, 3.63) is 42.6 Å². The molecule has 0 N–H and O–H groups in total. The summed E-state index contributed by atoms with van der Waals surface area (Å²) in [4.78, 5) is 51.0. The summed E-state index contributed by atoms with van der Waals surface area (Å²) in [7, 11) is 0. The number of benzene rings is 1. The average molecular weight is 548 g/mol. The Hall–Kier alpha value is -1.56. The molecule has 2 heterocycles. The van der Waals surface area contributed by atoms with Crippen molar-refractivity contribution in [1.82, 2.24) is 0 Å². The van der Waals surface area contributed by atoms with Gasteiger partial charge in [-0.05, 0) is 76.2 Å². The van der Waals surface area contributed by atoms with Crippen LogP contribution in [-0.2, 0) is 19.2 Å². The van der Waals surface area contributed by atoms with Gasteiger partial charge in [0.2, 0.25) is 0 Å². The monoisotopic (exact) mass is 548 g/mol. The lowest BCUT2D eigenvalue weighted by Crippen LogP contribution is -2.34. The molecule has 0 aliphatic carbocycles. The van der Waals surface area contributed by atoms with Gasteiger partial charge in [0.05, 0.1) is 18.5 Å². The molecule has 0 radical (unpaired) electrons. The van der Waals surface area contributed by atoms with E-state index in [-0.39, 0.29) is 0 Å². The Bertz CT molecular complexity index is 902. The molecule has 122 valence electrons. The molecule has 0 fully saturated rings. The standard InChI is InChI=1S/C16H10I2N2O4/c1-7-3-4-11(19-12(21)5-9(17)15(19)23)8(2)14(7)20-13(22)6-10(18)16(20)24/h3-6H,1-2H3. The third kappa shape index (κ3) is 2.51. The second kappa shape index (κ2) is 6.06. The maximum atomic E-state index is 12.3. The van der Waals surface area contributed by atoms with E-state index in [2.05, 4.69) is 0 Å². The second-order valence-electron chi connectivity index (χ2n) is 5.32. The molecule has 0 spiro atoms. The quantitative estimate of drug-likeness (QED) is 0.421. The minimum absolute atomic E-state index is 0.323. The summed E-state index contributed by atoms with van der Waals surface area (Å²) < 4.78 is 0.648. The van der Waals surface area contributed by atoms with E-state index in [0.29, 0.717) is 29.7 Å². The normalized spacial score (nSPS) is 17.8. The van der Waals surface area contributed by atoms with E-state index in [1.807, 2.05) is 45.2 Å². The predicted octanol–water partition coefficient (Wildman–Crippen LogP) is 2.69. The van der Waals surface area contributed by atoms with Crippen molar-refractivity contribution in [3.63, 3.8) is 0 Å². The highest BCUT2D eigenvalue weighted by atomic mass is 127. The molecule has 2 aliphatic heterocycles. The van der Waals surface area contributed by atoms with Gasteiger partial charge in [-0.1, -0.05) is 6.07 Å². The topological polar surface area (TPSA) is 74.8 Å². The lowest BCUT2D eigenvalue weighted by atomic mass is 10.0. The molecule has 6 nitrogen and oxygen atoms in total. The lowest BCUT2D eigenvalue weighted by molar-refractivity contribution is -0.121. The van der Waals surface area contributed by atoms with Crippen molar-refractivity contribution in [3.8, 4) is 0 Å². The Labute approximate surface area is 164 Å². The Morgan fingerprint density at radius 1 is 0.792 bits per heavy atom. The highest BCUT2D eigenvalue weighted by molar-refractivity contribution is 14.1. The van der Waals surface area contributed by atoms with Crippen LogP contribution in [0.25, 0.3) is 0 Å². The fraction of sp³-hybridized carbons (Fsp3) is 0.125. The van der Waals surface area contributed by atoms with Gasteiger partial charge >= 0.3 is 0 Å². The molecule has 0 unspecified atom stereocenters. The SMILES string of the molecule is Cc1ccc(N2C(=O)C=C(I)C2=O)c(C)c1N1C(=O)C=C(I)C1=O. The van der Waals surface area contributed by atoms with E-state index in [1.54, 1.807) is 26.0 Å². The number of aryl methyl sites for hydroxylation is 1. The summed E-state index contributed by atoms with van der Waals surface area (Å²) in [5.41, 5.74) is 2.01. The molecule has 0 saturated heterocycles. The smallest absolute Gasteiger partial charge is 0.269 e. The number of halogens is 2. The van der Waals surface area contributed by atoms with Crippen LogP contribution >= 0.6 is 45.2 Å². The molecule has 8 heteroatoms. The van der Waals surface area contributed by atoms with Crippen LogP contribution in [-0.4, -0.2) is 23.6 Å². The Morgan fingerprint density at radius 2 is 1.29 bits per heavy atom. The minimum atomic E-state index is -0.436. The number of nitrogens with zero attached hydrogens (tertiary/aromatic N) is 2. The molecule has 0 aromatic heterocycles. The van der Waals surface area contributed by atoms with Crippen LogP contribution in [0.2, 0.25) is 0 Å². The van der Waals surface area contributed by atoms with Crippen LogP contribution < -0.4 is 9.80 Å². The fourth-order valence-electron chi connectivity index (χ4n) is 2.73. The van der Waals surface area contributed by atoms with Crippen LogP contribution in [0.1, 0.15) is 11.1 Å². The first-order valence-electron chi connectivity index (χ1n) is 6.85. The van der Waals surface area contributed by atoms with Gasteiger partial charge in [0.15, 0.2) is 0 Å². The van der Waals surface area contributed by atoms with E-state index in [9.17, 15) is 19.2 Å². The van der Waals surface area contributed by atoms with Crippen LogP contribution in [0.5, 0.6) is 0 Å². The van der Waals surface area contributed by atoms with Gasteiger partial charge in [-0.25, -0.2) is 9.80 Å². The van der Waals surface area contributed by atoms with Crippen LogP contribution in [0.3, 0.4) is 0 Å². The zero-order valence-electron chi connectivity index (χ0n) is 12.6. The molecule has 4 amide bonds. The summed E-state index contributed by atoms with van der Waals surface area (Å²) in [6.07, 6.45) is 2.53. The van der Waals surface area contributed by atoms with Gasteiger partial charge in [0.25, 0.3) is 23.6 Å². The van der Waals surface area contributed by atoms with Crippen molar-refractivity contribution in [1.29, 1.82) is 0 Å². The maximum absolute atomic E-state index is 12.3. The van der Waals surface area contributed by atoms with Crippen LogP contribution in [0.15, 0.2) is 31.4 Å². The molecule has 1 aromatic carbocycles. The zero-order chi connectivity index (χ0) is 17.8. The number of rotatable bonds is 2. The largest absolute Gasteiger partial charge is 0.271 e. The number of carbonyl (C=O) groups is 4. The summed E-state index contributed by atoms with van der Waals surface area (Å²) in [5.74, 6) is -1.69. The summed E-state index contributed by atoms with van der Waals surface area (Å²) in [5, 5.41) is 0. The van der Waals surface area contributed by atoms with Gasteiger partial charge in [-0.15, -0.1) is 0 Å². The Balaban J connectivity index is 2.14. The molecular formula is C16H10I2N2O4. The molecule has 24 heavy (non-hydrogen) atoms. The van der Waals surface area contributed by atoms with Crippen LogP contribution in [0.4, 0.5) is 11.4 Å². The number of carbonyl (C=O) groups excluding carboxylic acids is 4. The third-order valence-electron chi connectivity index (χ3n) is 3.82. The van der Waals surface area contributed by atoms with E-state index >= 15 is 0 Å². The third-order valence-corrected chi connectivity index (χ3v) is 5.37. The van der Waals surface area contributed by atoms with E-state index in [4.69, 9.17) is 0 Å². The minimum Gasteiger partial charge on any atom is -0.269 e.